The number of halogens is 3. The van der Waals surface area contributed by atoms with E-state index in [9.17, 15) is 17.6 Å². The maximum Gasteiger partial charge on any atom is 0.243 e. The van der Waals surface area contributed by atoms with Crippen molar-refractivity contribution in [1.29, 1.82) is 0 Å². The summed E-state index contributed by atoms with van der Waals surface area (Å²) in [4.78, 5) is 13.7. The fourth-order valence-electron chi connectivity index (χ4n) is 2.63. The molecule has 0 N–H and O–H groups in total. The van der Waals surface area contributed by atoms with E-state index in [1.807, 2.05) is 0 Å². The number of alkyl halides is 2. The van der Waals surface area contributed by atoms with Gasteiger partial charge in [0.15, 0.2) is 0 Å². The Morgan fingerprint density at radius 2 is 1.83 bits per heavy atom. The molecule has 5 nitrogen and oxygen atoms in total. The number of carbonyl (C=O) groups excluding carboxylic acids is 1. The molecule has 1 heterocycles. The maximum atomic E-state index is 13.2. The van der Waals surface area contributed by atoms with Crippen LogP contribution in [-0.2, 0) is 14.8 Å². The van der Waals surface area contributed by atoms with Gasteiger partial charge in [-0.15, -0.1) is 23.2 Å². The number of piperazine rings is 1. The summed E-state index contributed by atoms with van der Waals surface area (Å²) in [7, 11) is -3.76. The first-order chi connectivity index (χ1) is 10.7. The Kier molecular flexibility index (Phi) is 4.33. The first-order valence-corrected chi connectivity index (χ1v) is 9.34. The van der Waals surface area contributed by atoms with Gasteiger partial charge >= 0.3 is 0 Å². The summed E-state index contributed by atoms with van der Waals surface area (Å²) in [5.74, 6) is -1.15. The van der Waals surface area contributed by atoms with E-state index in [0.29, 0.717) is 6.42 Å². The average molecular weight is 381 g/mol. The molecule has 1 amide bonds. The van der Waals surface area contributed by atoms with Crippen LogP contribution < -0.4 is 0 Å². The molecular formula is C14H15Cl2FN2O3S. The Labute approximate surface area is 144 Å². The molecule has 0 aromatic heterocycles. The summed E-state index contributed by atoms with van der Waals surface area (Å²) in [5.41, 5.74) is 0. The number of amides is 1. The van der Waals surface area contributed by atoms with E-state index in [2.05, 4.69) is 0 Å². The summed E-state index contributed by atoms with van der Waals surface area (Å²) >= 11 is 11.8. The molecule has 3 rings (SSSR count). The predicted octanol–water partition coefficient (Wildman–Crippen LogP) is 1.85. The van der Waals surface area contributed by atoms with Gasteiger partial charge in [-0.25, -0.2) is 12.8 Å². The number of hydrogen-bond donors (Lipinski definition) is 0. The number of hydrogen-bond acceptors (Lipinski definition) is 3. The van der Waals surface area contributed by atoms with Crippen LogP contribution in [0.4, 0.5) is 4.39 Å². The van der Waals surface area contributed by atoms with Crippen molar-refractivity contribution < 1.29 is 17.6 Å². The molecule has 1 aliphatic heterocycles. The summed E-state index contributed by atoms with van der Waals surface area (Å²) < 4.78 is 38.5. The normalized spacial score (nSPS) is 24.5. The van der Waals surface area contributed by atoms with E-state index in [0.717, 1.165) is 6.07 Å². The van der Waals surface area contributed by atoms with Gasteiger partial charge in [0, 0.05) is 26.2 Å². The minimum atomic E-state index is -3.76. The van der Waals surface area contributed by atoms with Crippen LogP contribution in [0.1, 0.15) is 6.42 Å². The number of benzene rings is 1. The zero-order chi connectivity index (χ0) is 16.8. The van der Waals surface area contributed by atoms with Crippen molar-refractivity contribution in [3.05, 3.63) is 30.1 Å². The molecule has 126 valence electrons. The van der Waals surface area contributed by atoms with Crippen molar-refractivity contribution >= 4 is 39.1 Å². The molecule has 9 heteroatoms. The Balaban J connectivity index is 1.66. The summed E-state index contributed by atoms with van der Waals surface area (Å²) in [6, 6.07) is 4.90. The highest BCUT2D eigenvalue weighted by atomic mass is 35.5. The molecule has 1 aromatic carbocycles. The molecular weight excluding hydrogens is 366 g/mol. The van der Waals surface area contributed by atoms with Crippen LogP contribution in [0.5, 0.6) is 0 Å². The van der Waals surface area contributed by atoms with Crippen LogP contribution in [0.2, 0.25) is 0 Å². The van der Waals surface area contributed by atoms with Crippen molar-refractivity contribution in [1.82, 2.24) is 9.21 Å². The Morgan fingerprint density at radius 3 is 2.35 bits per heavy atom. The predicted molar refractivity (Wildman–Crippen MR) is 84.3 cm³/mol. The first-order valence-electron chi connectivity index (χ1n) is 7.14. The molecule has 1 saturated carbocycles. The fraction of sp³-hybridized carbons (Fsp3) is 0.500. The number of nitrogens with zero attached hydrogens (tertiary/aromatic N) is 2. The largest absolute Gasteiger partial charge is 0.340 e. The minimum Gasteiger partial charge on any atom is -0.340 e. The van der Waals surface area contributed by atoms with Crippen LogP contribution in [0, 0.1) is 11.7 Å². The lowest BCUT2D eigenvalue weighted by molar-refractivity contribution is -0.133. The number of sulfonamides is 1. The van der Waals surface area contributed by atoms with Gasteiger partial charge in [-0.3, -0.25) is 4.79 Å². The van der Waals surface area contributed by atoms with Gasteiger partial charge in [0.1, 0.15) is 10.2 Å². The third-order valence-corrected chi connectivity index (χ3v) is 6.84. The molecule has 1 saturated heterocycles. The highest BCUT2D eigenvalue weighted by Crippen LogP contribution is 2.53. The van der Waals surface area contributed by atoms with Crippen LogP contribution in [0.3, 0.4) is 0 Å². The number of carbonyl (C=O) groups is 1. The van der Waals surface area contributed by atoms with Gasteiger partial charge in [0.25, 0.3) is 0 Å². The minimum absolute atomic E-state index is 0.0833. The summed E-state index contributed by atoms with van der Waals surface area (Å²) in [6.07, 6.45) is 0.427. The molecule has 1 unspecified atom stereocenters. The lowest BCUT2D eigenvalue weighted by Gasteiger charge is -2.34. The van der Waals surface area contributed by atoms with Crippen LogP contribution >= 0.6 is 23.2 Å². The van der Waals surface area contributed by atoms with Crippen LogP contribution in [0.15, 0.2) is 29.2 Å². The molecule has 0 bridgehead atoms. The van der Waals surface area contributed by atoms with Gasteiger partial charge in [0.2, 0.25) is 15.9 Å². The van der Waals surface area contributed by atoms with E-state index < -0.39 is 26.1 Å². The molecule has 2 fully saturated rings. The van der Waals surface area contributed by atoms with Crippen molar-refractivity contribution in [3.8, 4) is 0 Å². The fourth-order valence-corrected chi connectivity index (χ4v) is 4.58. The Bertz CT molecular complexity index is 733. The van der Waals surface area contributed by atoms with Crippen molar-refractivity contribution in [2.45, 2.75) is 15.6 Å². The van der Waals surface area contributed by atoms with E-state index in [1.165, 1.54) is 22.5 Å². The molecule has 0 spiro atoms. The first kappa shape index (κ1) is 17.0. The average Bonchev–Trinajstić information content (AvgIpc) is 3.15. The van der Waals surface area contributed by atoms with Crippen molar-refractivity contribution in [3.63, 3.8) is 0 Å². The highest BCUT2D eigenvalue weighted by molar-refractivity contribution is 7.89. The van der Waals surface area contributed by atoms with Gasteiger partial charge in [0.05, 0.1) is 10.8 Å². The maximum absolute atomic E-state index is 13.2. The zero-order valence-electron chi connectivity index (χ0n) is 12.1. The molecule has 2 aliphatic rings. The smallest absolute Gasteiger partial charge is 0.243 e. The van der Waals surface area contributed by atoms with Crippen molar-refractivity contribution in [2.24, 2.45) is 5.92 Å². The third-order valence-electron chi connectivity index (χ3n) is 4.11. The SMILES string of the molecule is O=C(C1CC1(Cl)Cl)N1CCN(S(=O)(=O)c2cccc(F)c2)CC1. The van der Waals surface area contributed by atoms with Crippen LogP contribution in [0.25, 0.3) is 0 Å². The number of rotatable bonds is 3. The van der Waals surface area contributed by atoms with Crippen LogP contribution in [-0.4, -0.2) is 54.0 Å². The van der Waals surface area contributed by atoms with E-state index >= 15 is 0 Å². The van der Waals surface area contributed by atoms with Crippen molar-refractivity contribution in [2.75, 3.05) is 26.2 Å². The van der Waals surface area contributed by atoms with E-state index in [-0.39, 0.29) is 37.0 Å². The lowest BCUT2D eigenvalue weighted by atomic mass is 10.3. The van der Waals surface area contributed by atoms with E-state index in [1.54, 1.807) is 4.90 Å². The molecule has 1 aliphatic carbocycles. The zero-order valence-corrected chi connectivity index (χ0v) is 14.4. The Hall–Kier alpha value is -0.890. The Morgan fingerprint density at radius 1 is 1.22 bits per heavy atom. The molecule has 1 aromatic rings. The second-order valence-corrected chi connectivity index (χ2v) is 9.18. The van der Waals surface area contributed by atoms with Gasteiger partial charge in [-0.2, -0.15) is 4.31 Å². The monoisotopic (exact) mass is 380 g/mol. The second-order valence-electron chi connectivity index (χ2n) is 5.70. The molecule has 0 radical (unpaired) electrons. The lowest BCUT2D eigenvalue weighted by Crippen LogP contribution is -2.51. The molecule has 1 atom stereocenters. The molecule has 23 heavy (non-hydrogen) atoms. The van der Waals surface area contributed by atoms with Gasteiger partial charge in [-0.05, 0) is 24.6 Å². The van der Waals surface area contributed by atoms with Gasteiger partial charge in [-0.1, -0.05) is 6.07 Å². The quantitative estimate of drug-likeness (QED) is 0.751. The second kappa shape index (κ2) is 5.88. The third kappa shape index (κ3) is 3.33. The summed E-state index contributed by atoms with van der Waals surface area (Å²) in [6.45, 7) is 0.866. The van der Waals surface area contributed by atoms with E-state index in [4.69, 9.17) is 23.2 Å². The highest BCUT2D eigenvalue weighted by Gasteiger charge is 2.57. The standard InChI is InChI=1S/C14H15Cl2FN2O3S/c15-14(16)9-12(14)13(20)18-4-6-19(7-5-18)23(21,22)11-3-1-2-10(17)8-11/h1-3,8,12H,4-7,9H2. The summed E-state index contributed by atoms with van der Waals surface area (Å²) in [5, 5.41) is 0. The topological polar surface area (TPSA) is 57.7 Å². The van der Waals surface area contributed by atoms with Gasteiger partial charge < -0.3 is 4.90 Å².